The lowest BCUT2D eigenvalue weighted by Crippen LogP contribution is -2.47. The highest BCUT2D eigenvalue weighted by Crippen LogP contribution is 2.16. The van der Waals surface area contributed by atoms with Gasteiger partial charge in [0, 0.05) is 57.2 Å². The van der Waals surface area contributed by atoms with Crippen molar-refractivity contribution in [1.29, 1.82) is 0 Å². The molecule has 0 bridgehead atoms. The maximum absolute atomic E-state index is 12.2. The van der Waals surface area contributed by atoms with E-state index in [0.717, 1.165) is 45.0 Å². The molecule has 1 aromatic carbocycles. The number of H-pyrrole nitrogens is 1. The van der Waals surface area contributed by atoms with E-state index in [0.29, 0.717) is 6.42 Å². The topological polar surface area (TPSA) is 64.3 Å². The van der Waals surface area contributed by atoms with E-state index >= 15 is 0 Å². The minimum absolute atomic E-state index is 0.0302. The minimum atomic E-state index is -0.0302. The summed E-state index contributed by atoms with van der Waals surface area (Å²) >= 11 is 0. The van der Waals surface area contributed by atoms with E-state index in [9.17, 15) is 4.79 Å². The van der Waals surface area contributed by atoms with Crippen molar-refractivity contribution in [2.45, 2.75) is 25.8 Å². The maximum Gasteiger partial charge on any atom is 0.221 e. The van der Waals surface area contributed by atoms with Crippen LogP contribution in [0.3, 0.4) is 0 Å². The average molecular weight is 341 g/mol. The summed E-state index contributed by atoms with van der Waals surface area (Å²) < 4.78 is 0. The highest BCUT2D eigenvalue weighted by Gasteiger charge is 2.19. The zero-order valence-corrected chi connectivity index (χ0v) is 14.8. The number of piperazine rings is 1. The third-order valence-electron chi connectivity index (χ3n) is 4.74. The molecule has 6 heteroatoms. The summed E-state index contributed by atoms with van der Waals surface area (Å²) in [4.78, 5) is 24.3. The minimum Gasteiger partial charge on any atom is -0.369 e. The van der Waals surface area contributed by atoms with Gasteiger partial charge in [-0.15, -0.1) is 0 Å². The molecule has 3 rings (SSSR count). The smallest absolute Gasteiger partial charge is 0.221 e. The highest BCUT2D eigenvalue weighted by atomic mass is 16.1. The molecule has 1 fully saturated rings. The van der Waals surface area contributed by atoms with Gasteiger partial charge in [-0.25, -0.2) is 4.98 Å². The molecule has 0 saturated carbocycles. The van der Waals surface area contributed by atoms with Gasteiger partial charge < -0.3 is 15.2 Å². The molecule has 1 aliphatic rings. The van der Waals surface area contributed by atoms with Crippen LogP contribution < -0.4 is 10.2 Å². The van der Waals surface area contributed by atoms with Gasteiger partial charge >= 0.3 is 0 Å². The molecule has 1 aromatic heterocycles. The molecule has 25 heavy (non-hydrogen) atoms. The number of benzene rings is 1. The van der Waals surface area contributed by atoms with Gasteiger partial charge in [0.25, 0.3) is 0 Å². The fraction of sp³-hybridized carbons (Fsp3) is 0.474. The fourth-order valence-electron chi connectivity index (χ4n) is 3.23. The largest absolute Gasteiger partial charge is 0.369 e. The molecule has 0 aliphatic carbocycles. The first-order valence-corrected chi connectivity index (χ1v) is 9.07. The molecule has 6 nitrogen and oxygen atoms in total. The number of anilines is 1. The van der Waals surface area contributed by atoms with E-state index in [1.54, 1.807) is 12.4 Å². The molecule has 1 saturated heterocycles. The van der Waals surface area contributed by atoms with Crippen molar-refractivity contribution in [3.8, 4) is 0 Å². The highest BCUT2D eigenvalue weighted by molar-refractivity contribution is 5.76. The van der Waals surface area contributed by atoms with Crippen LogP contribution in [0.15, 0.2) is 42.7 Å². The Morgan fingerprint density at radius 2 is 2.00 bits per heavy atom. The number of hydrogen-bond donors (Lipinski definition) is 2. The number of aromatic nitrogens is 2. The molecule has 1 atom stereocenters. The molecule has 1 aliphatic heterocycles. The molecule has 1 amide bonds. The third-order valence-corrected chi connectivity index (χ3v) is 4.74. The van der Waals surface area contributed by atoms with Gasteiger partial charge in [-0.2, -0.15) is 0 Å². The van der Waals surface area contributed by atoms with Crippen molar-refractivity contribution in [3.05, 3.63) is 48.5 Å². The lowest BCUT2D eigenvalue weighted by atomic mass is 10.2. The van der Waals surface area contributed by atoms with Crippen LogP contribution in [0, 0.1) is 0 Å². The summed E-state index contributed by atoms with van der Waals surface area (Å²) in [5.41, 5.74) is 1.28. The van der Waals surface area contributed by atoms with Gasteiger partial charge in [0.2, 0.25) is 5.91 Å². The predicted octanol–water partition coefficient (Wildman–Crippen LogP) is 2.19. The average Bonchev–Trinajstić information content (AvgIpc) is 3.20. The van der Waals surface area contributed by atoms with Crippen molar-refractivity contribution in [3.63, 3.8) is 0 Å². The second-order valence-electron chi connectivity index (χ2n) is 6.42. The van der Waals surface area contributed by atoms with Gasteiger partial charge in [0.05, 0.1) is 6.04 Å². The summed E-state index contributed by atoms with van der Waals surface area (Å²) in [5.74, 6) is 0.918. The van der Waals surface area contributed by atoms with E-state index < -0.39 is 0 Å². The van der Waals surface area contributed by atoms with Crippen LogP contribution in [0.5, 0.6) is 0 Å². The number of nitrogens with one attached hydrogen (secondary N) is 2. The number of hydrogen-bond acceptors (Lipinski definition) is 4. The molecule has 0 radical (unpaired) electrons. The van der Waals surface area contributed by atoms with E-state index in [2.05, 4.69) is 56.3 Å². The summed E-state index contributed by atoms with van der Waals surface area (Å²) in [7, 11) is 0. The van der Waals surface area contributed by atoms with E-state index in [4.69, 9.17) is 0 Å². The van der Waals surface area contributed by atoms with Crippen LogP contribution in [0.4, 0.5) is 5.69 Å². The number of carbonyl (C=O) groups excluding carboxylic acids is 1. The molecular weight excluding hydrogens is 314 g/mol. The van der Waals surface area contributed by atoms with Gasteiger partial charge in [0.15, 0.2) is 0 Å². The normalized spacial score (nSPS) is 16.6. The number of aromatic amines is 1. The Balaban J connectivity index is 1.40. The van der Waals surface area contributed by atoms with Gasteiger partial charge in [-0.3, -0.25) is 9.69 Å². The van der Waals surface area contributed by atoms with E-state index in [1.165, 1.54) is 5.69 Å². The van der Waals surface area contributed by atoms with Gasteiger partial charge in [0.1, 0.15) is 5.82 Å². The number of nitrogens with zero attached hydrogens (tertiary/aromatic N) is 3. The fourth-order valence-corrected chi connectivity index (χ4v) is 3.23. The zero-order chi connectivity index (χ0) is 17.5. The third kappa shape index (κ3) is 4.82. The van der Waals surface area contributed by atoms with Crippen LogP contribution in [0.1, 0.15) is 31.6 Å². The Kier molecular flexibility index (Phi) is 6.06. The lowest BCUT2D eigenvalue weighted by molar-refractivity contribution is -0.122. The summed E-state index contributed by atoms with van der Waals surface area (Å²) in [5, 5.41) is 3.07. The first-order valence-electron chi connectivity index (χ1n) is 9.07. The van der Waals surface area contributed by atoms with Crippen molar-refractivity contribution in [2.24, 2.45) is 0 Å². The standard InChI is InChI=1S/C19H27N5O/c1-2-17(19-20-9-10-21-19)22-18(25)8-11-23-12-14-24(15-13-23)16-6-4-3-5-7-16/h3-7,9-10,17H,2,8,11-15H2,1H3,(H,20,21)(H,22,25)/t17-/m1/s1. The molecule has 134 valence electrons. The van der Waals surface area contributed by atoms with Crippen molar-refractivity contribution in [2.75, 3.05) is 37.6 Å². The number of para-hydroxylation sites is 1. The Labute approximate surface area is 149 Å². The van der Waals surface area contributed by atoms with Gasteiger partial charge in [-0.05, 0) is 18.6 Å². The predicted molar refractivity (Wildman–Crippen MR) is 99.5 cm³/mol. The Morgan fingerprint density at radius 3 is 2.64 bits per heavy atom. The first-order chi connectivity index (χ1) is 12.3. The Morgan fingerprint density at radius 1 is 1.24 bits per heavy atom. The maximum atomic E-state index is 12.2. The van der Waals surface area contributed by atoms with Crippen LogP contribution >= 0.6 is 0 Å². The van der Waals surface area contributed by atoms with E-state index in [-0.39, 0.29) is 11.9 Å². The second kappa shape index (κ2) is 8.67. The molecular formula is C19H27N5O. The molecule has 0 unspecified atom stereocenters. The van der Waals surface area contributed by atoms with Crippen LogP contribution in [-0.2, 0) is 4.79 Å². The van der Waals surface area contributed by atoms with Gasteiger partial charge in [-0.1, -0.05) is 25.1 Å². The van der Waals surface area contributed by atoms with E-state index in [1.807, 2.05) is 6.07 Å². The second-order valence-corrected chi connectivity index (χ2v) is 6.42. The summed E-state index contributed by atoms with van der Waals surface area (Å²) in [6.45, 7) is 6.87. The number of carbonyl (C=O) groups is 1. The number of imidazole rings is 1. The molecule has 2 heterocycles. The first kappa shape index (κ1) is 17.5. The number of amides is 1. The van der Waals surface area contributed by atoms with Crippen molar-refractivity contribution in [1.82, 2.24) is 20.2 Å². The van der Waals surface area contributed by atoms with Crippen molar-refractivity contribution < 1.29 is 4.79 Å². The summed E-state index contributed by atoms with van der Waals surface area (Å²) in [6.07, 6.45) is 4.87. The van der Waals surface area contributed by atoms with Crippen molar-refractivity contribution >= 4 is 11.6 Å². The quantitative estimate of drug-likeness (QED) is 0.810. The lowest BCUT2D eigenvalue weighted by Gasteiger charge is -2.36. The molecule has 2 aromatic rings. The Bertz CT molecular complexity index is 635. The van der Waals surface area contributed by atoms with Crippen LogP contribution in [-0.4, -0.2) is 53.5 Å². The Hall–Kier alpha value is -2.34. The molecule has 0 spiro atoms. The number of rotatable bonds is 7. The SMILES string of the molecule is CC[C@@H](NC(=O)CCN1CCN(c2ccccc2)CC1)c1ncc[nH]1. The monoisotopic (exact) mass is 341 g/mol. The zero-order valence-electron chi connectivity index (χ0n) is 14.8. The summed E-state index contributed by atoms with van der Waals surface area (Å²) in [6, 6.07) is 10.5. The van der Waals surface area contributed by atoms with Crippen LogP contribution in [0.2, 0.25) is 0 Å². The van der Waals surface area contributed by atoms with Crippen LogP contribution in [0.25, 0.3) is 0 Å². The molecule has 2 N–H and O–H groups in total.